The number of hydrogen-bond donors (Lipinski definition) is 0. The molecule has 5 nitrogen and oxygen atoms in total. The van der Waals surface area contributed by atoms with Gasteiger partial charge in [-0.2, -0.15) is 0 Å². The van der Waals surface area contributed by atoms with Gasteiger partial charge in [0.15, 0.2) is 0 Å². The molecule has 2 aromatic carbocycles. The lowest BCUT2D eigenvalue weighted by molar-refractivity contribution is -0.385. The van der Waals surface area contributed by atoms with Crippen LogP contribution < -0.4 is 9.64 Å². The van der Waals surface area contributed by atoms with Crippen molar-refractivity contribution in [2.45, 2.75) is 13.8 Å². The van der Waals surface area contributed by atoms with E-state index in [4.69, 9.17) is 4.74 Å². The molecule has 5 heteroatoms. The van der Waals surface area contributed by atoms with E-state index in [1.807, 2.05) is 18.2 Å². The molecule has 2 aromatic rings. The number of anilines is 1. The van der Waals surface area contributed by atoms with Crippen molar-refractivity contribution in [2.75, 3.05) is 18.0 Å². The van der Waals surface area contributed by atoms with Gasteiger partial charge in [0.1, 0.15) is 5.75 Å². The van der Waals surface area contributed by atoms with Crippen molar-refractivity contribution < 1.29 is 9.66 Å². The number of nitro groups is 1. The van der Waals surface area contributed by atoms with E-state index in [9.17, 15) is 10.1 Å². The van der Waals surface area contributed by atoms with E-state index in [0.717, 1.165) is 18.8 Å². The Morgan fingerprint density at radius 3 is 2.48 bits per heavy atom. The minimum atomic E-state index is -0.441. The van der Waals surface area contributed by atoms with E-state index >= 15 is 0 Å². The monoisotopic (exact) mass is 286 g/mol. The zero-order chi connectivity index (χ0) is 15.2. The van der Waals surface area contributed by atoms with Crippen LogP contribution in [0.1, 0.15) is 13.8 Å². The van der Waals surface area contributed by atoms with Crippen LogP contribution in [0.4, 0.5) is 11.4 Å². The van der Waals surface area contributed by atoms with Crippen LogP contribution in [0.2, 0.25) is 0 Å². The Morgan fingerprint density at radius 1 is 1.10 bits per heavy atom. The molecule has 0 fully saturated rings. The maximum Gasteiger partial charge on any atom is 0.311 e. The average Bonchev–Trinajstić information content (AvgIpc) is 2.49. The molecule has 0 atom stereocenters. The number of benzene rings is 2. The quantitative estimate of drug-likeness (QED) is 0.589. The molecule has 0 aliphatic carbocycles. The molecular formula is C16H18N2O3. The first-order chi connectivity index (χ1) is 10.2. The van der Waals surface area contributed by atoms with Crippen LogP contribution >= 0.6 is 0 Å². The van der Waals surface area contributed by atoms with E-state index in [1.165, 1.54) is 6.07 Å². The van der Waals surface area contributed by atoms with E-state index in [-0.39, 0.29) is 11.4 Å². The Hall–Kier alpha value is -2.56. The van der Waals surface area contributed by atoms with Crippen LogP contribution in [0.5, 0.6) is 11.5 Å². The molecule has 21 heavy (non-hydrogen) atoms. The minimum Gasteiger partial charge on any atom is -0.450 e. The number of nitrogens with zero attached hydrogens (tertiary/aromatic N) is 2. The lowest BCUT2D eigenvalue weighted by atomic mass is 10.2. The molecule has 0 unspecified atom stereocenters. The van der Waals surface area contributed by atoms with Gasteiger partial charge in [0.2, 0.25) is 5.75 Å². The number of ether oxygens (including phenoxy) is 1. The highest BCUT2D eigenvalue weighted by Crippen LogP contribution is 2.32. The zero-order valence-corrected chi connectivity index (χ0v) is 12.2. The van der Waals surface area contributed by atoms with Crippen LogP contribution in [0, 0.1) is 10.1 Å². The van der Waals surface area contributed by atoms with Gasteiger partial charge < -0.3 is 9.64 Å². The van der Waals surface area contributed by atoms with Crippen LogP contribution in [-0.4, -0.2) is 18.0 Å². The van der Waals surface area contributed by atoms with Crippen LogP contribution in [0.25, 0.3) is 0 Å². The molecule has 0 saturated carbocycles. The molecule has 110 valence electrons. The summed E-state index contributed by atoms with van der Waals surface area (Å²) in [5.74, 6) is 0.841. The second-order valence-corrected chi connectivity index (χ2v) is 4.50. The maximum absolute atomic E-state index is 11.0. The highest BCUT2D eigenvalue weighted by atomic mass is 16.6. The Kier molecular flexibility index (Phi) is 4.77. The van der Waals surface area contributed by atoms with E-state index in [0.29, 0.717) is 5.75 Å². The van der Waals surface area contributed by atoms with E-state index in [1.54, 1.807) is 24.3 Å². The first-order valence-corrected chi connectivity index (χ1v) is 6.92. The number of rotatable bonds is 6. The molecule has 0 spiro atoms. The zero-order valence-electron chi connectivity index (χ0n) is 12.2. The van der Waals surface area contributed by atoms with Crippen molar-refractivity contribution in [2.24, 2.45) is 0 Å². The summed E-state index contributed by atoms with van der Waals surface area (Å²) in [4.78, 5) is 12.7. The molecule has 0 aliphatic heterocycles. The normalized spacial score (nSPS) is 10.2. The fourth-order valence-corrected chi connectivity index (χ4v) is 2.15. The SMILES string of the molecule is CCN(CC)c1cccc(Oc2ccccc2[N+](=O)[O-])c1. The topological polar surface area (TPSA) is 55.6 Å². The highest BCUT2D eigenvalue weighted by Gasteiger charge is 2.14. The van der Waals surface area contributed by atoms with Crippen LogP contribution in [0.15, 0.2) is 48.5 Å². The van der Waals surface area contributed by atoms with Crippen molar-refractivity contribution in [3.05, 3.63) is 58.6 Å². The number of hydrogen-bond acceptors (Lipinski definition) is 4. The summed E-state index contributed by atoms with van der Waals surface area (Å²) in [5, 5.41) is 11.0. The molecule has 0 radical (unpaired) electrons. The van der Waals surface area contributed by atoms with Crippen LogP contribution in [0.3, 0.4) is 0 Å². The van der Waals surface area contributed by atoms with Gasteiger partial charge in [0, 0.05) is 30.9 Å². The summed E-state index contributed by atoms with van der Waals surface area (Å²) >= 11 is 0. The molecule has 0 aliphatic rings. The fourth-order valence-electron chi connectivity index (χ4n) is 2.15. The predicted molar refractivity (Wildman–Crippen MR) is 83.2 cm³/mol. The van der Waals surface area contributed by atoms with E-state index < -0.39 is 4.92 Å². The Labute approximate surface area is 123 Å². The van der Waals surface area contributed by atoms with Crippen molar-refractivity contribution >= 4 is 11.4 Å². The minimum absolute atomic E-state index is 0.0363. The molecule has 0 bridgehead atoms. The number of nitro benzene ring substituents is 1. The average molecular weight is 286 g/mol. The number of para-hydroxylation sites is 2. The predicted octanol–water partition coefficient (Wildman–Crippen LogP) is 4.23. The van der Waals surface area contributed by atoms with Crippen molar-refractivity contribution in [1.29, 1.82) is 0 Å². The van der Waals surface area contributed by atoms with Gasteiger partial charge in [-0.25, -0.2) is 0 Å². The summed E-state index contributed by atoms with van der Waals surface area (Å²) in [7, 11) is 0. The van der Waals surface area contributed by atoms with Gasteiger partial charge in [0.25, 0.3) is 0 Å². The fraction of sp³-hybridized carbons (Fsp3) is 0.250. The molecule has 0 amide bonds. The largest absolute Gasteiger partial charge is 0.450 e. The second kappa shape index (κ2) is 6.74. The van der Waals surface area contributed by atoms with Crippen LogP contribution in [-0.2, 0) is 0 Å². The second-order valence-electron chi connectivity index (χ2n) is 4.50. The molecule has 0 heterocycles. The first-order valence-electron chi connectivity index (χ1n) is 6.92. The summed E-state index contributed by atoms with van der Waals surface area (Å²) in [5.41, 5.74) is 1.00. The molecule has 2 rings (SSSR count). The highest BCUT2D eigenvalue weighted by molar-refractivity contribution is 5.53. The summed E-state index contributed by atoms with van der Waals surface area (Å²) in [6, 6.07) is 13.9. The third kappa shape index (κ3) is 3.51. The molecule has 0 N–H and O–H groups in total. The third-order valence-corrected chi connectivity index (χ3v) is 3.24. The van der Waals surface area contributed by atoms with Crippen molar-refractivity contribution in [1.82, 2.24) is 0 Å². The summed E-state index contributed by atoms with van der Waals surface area (Å²) in [6.07, 6.45) is 0. The van der Waals surface area contributed by atoms with Gasteiger partial charge in [-0.3, -0.25) is 10.1 Å². The molecule has 0 aromatic heterocycles. The van der Waals surface area contributed by atoms with Gasteiger partial charge in [0.05, 0.1) is 4.92 Å². The smallest absolute Gasteiger partial charge is 0.311 e. The lowest BCUT2D eigenvalue weighted by Crippen LogP contribution is -2.21. The first kappa shape index (κ1) is 14.8. The van der Waals surface area contributed by atoms with E-state index in [2.05, 4.69) is 18.7 Å². The van der Waals surface area contributed by atoms with Crippen molar-refractivity contribution in [3.63, 3.8) is 0 Å². The standard InChI is InChI=1S/C16H18N2O3/c1-3-17(4-2)13-8-7-9-14(12-13)21-16-11-6-5-10-15(16)18(19)20/h5-12H,3-4H2,1-2H3. The molecular weight excluding hydrogens is 268 g/mol. The molecule has 0 saturated heterocycles. The van der Waals surface area contributed by atoms with Crippen molar-refractivity contribution in [3.8, 4) is 11.5 Å². The van der Waals surface area contributed by atoms with Gasteiger partial charge >= 0.3 is 5.69 Å². The third-order valence-electron chi connectivity index (χ3n) is 3.24. The summed E-state index contributed by atoms with van der Waals surface area (Å²) in [6.45, 7) is 5.95. The Balaban J connectivity index is 2.28. The Morgan fingerprint density at radius 2 is 1.81 bits per heavy atom. The van der Waals surface area contributed by atoms with Gasteiger partial charge in [-0.1, -0.05) is 18.2 Å². The lowest BCUT2D eigenvalue weighted by Gasteiger charge is -2.21. The Bertz CT molecular complexity index is 624. The summed E-state index contributed by atoms with van der Waals surface area (Å²) < 4.78 is 5.68. The van der Waals surface area contributed by atoms with Gasteiger partial charge in [-0.05, 0) is 32.0 Å². The maximum atomic E-state index is 11.0. The van der Waals surface area contributed by atoms with Gasteiger partial charge in [-0.15, -0.1) is 0 Å².